The van der Waals surface area contributed by atoms with Crippen LogP contribution in [0.1, 0.15) is 13.8 Å². The van der Waals surface area contributed by atoms with Crippen molar-refractivity contribution in [3.63, 3.8) is 0 Å². The molecule has 1 aliphatic heterocycles. The van der Waals surface area contributed by atoms with Crippen molar-refractivity contribution >= 4 is 56.8 Å². The summed E-state index contributed by atoms with van der Waals surface area (Å²) in [7, 11) is -2.07. The van der Waals surface area contributed by atoms with Gasteiger partial charge in [0.25, 0.3) is 0 Å². The number of rotatable bonds is 2. The largest absolute Gasteiger partial charge is 0.512 e. The number of hydrogen-bond donors (Lipinski definition) is 1. The van der Waals surface area contributed by atoms with Gasteiger partial charge in [-0.15, -0.1) is 22.9 Å². The van der Waals surface area contributed by atoms with E-state index in [1.807, 2.05) is 6.20 Å². The van der Waals surface area contributed by atoms with Gasteiger partial charge in [-0.05, 0) is 54.6 Å². The van der Waals surface area contributed by atoms with Gasteiger partial charge in [0.1, 0.15) is 0 Å². The number of para-hydroxylation sites is 1. The van der Waals surface area contributed by atoms with Crippen molar-refractivity contribution in [1.29, 1.82) is 0 Å². The number of aliphatic hydroxyl groups excluding tert-OH is 1. The van der Waals surface area contributed by atoms with Gasteiger partial charge in [-0.2, -0.15) is 0 Å². The fourth-order valence-electron chi connectivity index (χ4n) is 6.04. The first-order chi connectivity index (χ1) is 18.8. The number of aromatic nitrogens is 2. The van der Waals surface area contributed by atoms with Crippen LogP contribution in [0.5, 0.6) is 0 Å². The molecule has 2 aromatic heterocycles. The molecule has 3 heterocycles. The second kappa shape index (κ2) is 10.6. The number of pyridine rings is 1. The van der Waals surface area contributed by atoms with Gasteiger partial charge in [-0.3, -0.25) is 4.79 Å². The van der Waals surface area contributed by atoms with Crippen LogP contribution in [0.2, 0.25) is 13.1 Å². The normalized spacial score (nSPS) is 13.3. The Labute approximate surface area is 248 Å². The van der Waals surface area contributed by atoms with E-state index in [0.29, 0.717) is 0 Å². The maximum Gasteiger partial charge on any atom is 0.155 e. The van der Waals surface area contributed by atoms with Gasteiger partial charge in [-0.1, -0.05) is 83.7 Å². The molecule has 1 N–H and O–H groups in total. The second-order valence-electron chi connectivity index (χ2n) is 10.6. The van der Waals surface area contributed by atoms with E-state index in [9.17, 15) is 4.79 Å². The number of benzene rings is 4. The molecule has 0 saturated heterocycles. The van der Waals surface area contributed by atoms with Gasteiger partial charge in [-0.25, -0.2) is 0 Å². The Balaban J connectivity index is 0.000000362. The minimum atomic E-state index is -2.07. The van der Waals surface area contributed by atoms with E-state index in [1.165, 1.54) is 74.1 Å². The second-order valence-corrected chi connectivity index (χ2v) is 14.9. The summed E-state index contributed by atoms with van der Waals surface area (Å²) in [6.45, 7) is 7.82. The molecule has 0 saturated carbocycles. The van der Waals surface area contributed by atoms with Crippen LogP contribution in [-0.2, 0) is 24.9 Å². The molecule has 0 bridgehead atoms. The molecule has 0 unspecified atom stereocenters. The zero-order valence-electron chi connectivity index (χ0n) is 22.8. The molecule has 0 aliphatic carbocycles. The predicted molar refractivity (Wildman–Crippen MR) is 164 cm³/mol. The number of nitrogens with zero attached hydrogens (tertiary/aromatic N) is 2. The first-order valence-electron chi connectivity index (χ1n) is 13.1. The zero-order valence-corrected chi connectivity index (χ0v) is 26.2. The molecule has 0 spiro atoms. The summed E-state index contributed by atoms with van der Waals surface area (Å²) in [5, 5.41) is 16.5. The average molecular weight is 718 g/mol. The standard InChI is InChI=1S/C29H21N2Si.C5H8O2.Ir/c1-32(2)25-14-8-13-23-26(25)27-24(31(23)20-10-4-3-5-11-20)17-18-30-28(27)22-16-15-19-9-6-7-12-21(19)29(22)32;1-4(6)3-5(2)7;/h3-15,17-18H,1-2H3;3,6H,1-2H3;/q-1;;/b;4-3-;. The molecule has 6 heteroatoms. The van der Waals surface area contributed by atoms with E-state index in [-0.39, 0.29) is 31.6 Å². The number of allylic oxidation sites excluding steroid dienone is 2. The number of hydrogen-bond acceptors (Lipinski definition) is 3. The van der Waals surface area contributed by atoms with E-state index >= 15 is 0 Å². The summed E-state index contributed by atoms with van der Waals surface area (Å²) in [6.07, 6.45) is 3.13. The van der Waals surface area contributed by atoms with Crippen molar-refractivity contribution in [2.24, 2.45) is 0 Å². The maximum absolute atomic E-state index is 10.0. The van der Waals surface area contributed by atoms with Gasteiger partial charge in [0, 0.05) is 43.6 Å². The fraction of sp³-hybridized carbons (Fsp3) is 0.118. The van der Waals surface area contributed by atoms with E-state index in [2.05, 4.69) is 109 Å². The Morgan fingerprint density at radius 3 is 2.30 bits per heavy atom. The number of carbonyl (C=O) groups excluding carboxylic acids is 1. The Morgan fingerprint density at radius 1 is 0.900 bits per heavy atom. The summed E-state index contributed by atoms with van der Waals surface area (Å²) in [5.74, 6) is -0.0625. The number of aliphatic hydroxyl groups is 1. The van der Waals surface area contributed by atoms with Crippen molar-refractivity contribution < 1.29 is 30.0 Å². The van der Waals surface area contributed by atoms with Crippen LogP contribution < -0.4 is 10.4 Å². The van der Waals surface area contributed by atoms with Crippen LogP contribution in [0.15, 0.2) is 103 Å². The van der Waals surface area contributed by atoms with E-state index in [4.69, 9.17) is 10.1 Å². The maximum atomic E-state index is 10.0. The summed E-state index contributed by atoms with van der Waals surface area (Å²) in [6, 6.07) is 34.3. The number of carbonyl (C=O) groups is 1. The Kier molecular flexibility index (Phi) is 7.36. The minimum Gasteiger partial charge on any atom is -0.512 e. The van der Waals surface area contributed by atoms with Crippen molar-refractivity contribution in [2.45, 2.75) is 26.9 Å². The van der Waals surface area contributed by atoms with E-state index in [0.717, 1.165) is 5.69 Å². The molecule has 7 rings (SSSR count). The third kappa shape index (κ3) is 4.42. The van der Waals surface area contributed by atoms with Crippen LogP contribution in [0, 0.1) is 6.07 Å². The van der Waals surface area contributed by atoms with Crippen LogP contribution in [0.25, 0.3) is 49.5 Å². The molecule has 201 valence electrons. The average Bonchev–Trinajstić information content (AvgIpc) is 3.23. The van der Waals surface area contributed by atoms with Crippen LogP contribution in [-0.4, -0.2) is 28.5 Å². The quantitative estimate of drug-likeness (QED) is 0.0912. The predicted octanol–water partition coefficient (Wildman–Crippen LogP) is 6.97. The Hall–Kier alpha value is -3.83. The summed E-state index contributed by atoms with van der Waals surface area (Å²) in [4.78, 5) is 15.0. The van der Waals surface area contributed by atoms with Crippen LogP contribution in [0.4, 0.5) is 0 Å². The minimum absolute atomic E-state index is 0. The van der Waals surface area contributed by atoms with Gasteiger partial charge in [0.2, 0.25) is 0 Å². The zero-order chi connectivity index (χ0) is 27.3. The molecule has 4 aromatic carbocycles. The SMILES string of the molecule is CC(=O)/C=C(/C)O.C[Si]1(C)c2c([c-]cc3ccccc23)-c2nccc3c2c2c1cccc2n3-c1ccccc1.[Ir]. The van der Waals surface area contributed by atoms with Gasteiger partial charge in [0.05, 0.1) is 19.3 Å². The van der Waals surface area contributed by atoms with Crippen LogP contribution in [0.3, 0.4) is 0 Å². The van der Waals surface area contributed by atoms with Crippen LogP contribution >= 0.6 is 0 Å². The topological polar surface area (TPSA) is 55.1 Å². The number of ketones is 1. The first kappa shape index (κ1) is 27.7. The molecule has 6 aromatic rings. The monoisotopic (exact) mass is 718 g/mol. The van der Waals surface area contributed by atoms with Crippen molar-refractivity contribution in [3.05, 3.63) is 109 Å². The Morgan fingerprint density at radius 2 is 1.60 bits per heavy atom. The fourth-order valence-corrected chi connectivity index (χ4v) is 9.42. The molecule has 40 heavy (non-hydrogen) atoms. The smallest absolute Gasteiger partial charge is 0.155 e. The van der Waals surface area contributed by atoms with E-state index in [1.54, 1.807) is 0 Å². The Bertz CT molecular complexity index is 1940. The molecule has 1 aliphatic rings. The molecule has 0 atom stereocenters. The van der Waals surface area contributed by atoms with Crippen molar-refractivity contribution in [1.82, 2.24) is 9.55 Å². The van der Waals surface area contributed by atoms with Gasteiger partial charge >= 0.3 is 0 Å². The molecular weight excluding hydrogens is 689 g/mol. The molecule has 0 amide bonds. The van der Waals surface area contributed by atoms with E-state index < -0.39 is 8.07 Å². The third-order valence-corrected chi connectivity index (χ3v) is 11.0. The summed E-state index contributed by atoms with van der Waals surface area (Å²) < 4.78 is 2.40. The summed E-state index contributed by atoms with van der Waals surface area (Å²) >= 11 is 0. The first-order valence-corrected chi connectivity index (χ1v) is 16.1. The molecule has 0 fully saturated rings. The molecule has 1 radical (unpaired) electrons. The van der Waals surface area contributed by atoms with Crippen molar-refractivity contribution in [3.8, 4) is 16.9 Å². The molecule has 4 nitrogen and oxygen atoms in total. The van der Waals surface area contributed by atoms with Gasteiger partial charge < -0.3 is 14.7 Å². The van der Waals surface area contributed by atoms with Gasteiger partial charge in [0.15, 0.2) is 5.78 Å². The van der Waals surface area contributed by atoms with Crippen molar-refractivity contribution in [2.75, 3.05) is 0 Å². The third-order valence-electron chi connectivity index (χ3n) is 7.52. The molecular formula is C34H29IrN2O2Si-. The summed E-state index contributed by atoms with van der Waals surface area (Å²) in [5.41, 5.74) is 5.89. The number of fused-ring (bicyclic) bond motifs is 4.